The number of ether oxygens (including phenoxy) is 4. The Labute approximate surface area is 169 Å². The second-order valence-electron chi connectivity index (χ2n) is 5.41. The number of carbonyl (C=O) groups is 1. The van der Waals surface area contributed by atoms with Crippen molar-refractivity contribution < 1.29 is 41.1 Å². The van der Waals surface area contributed by atoms with Crippen LogP contribution in [0.5, 0.6) is 17.2 Å². The molecule has 9 nitrogen and oxygen atoms in total. The van der Waals surface area contributed by atoms with Crippen LogP contribution < -0.4 is 48.0 Å². The molecule has 0 saturated carbocycles. The quantitative estimate of drug-likeness (QED) is 0.524. The zero-order valence-corrected chi connectivity index (χ0v) is 17.0. The van der Waals surface area contributed by atoms with E-state index >= 15 is 0 Å². The van der Waals surface area contributed by atoms with Crippen molar-refractivity contribution in [3.8, 4) is 17.2 Å². The lowest BCUT2D eigenvalue weighted by Crippen LogP contribution is -3.00. The van der Waals surface area contributed by atoms with Crippen LogP contribution >= 0.6 is 0 Å². The second kappa shape index (κ2) is 10.9. The summed E-state index contributed by atoms with van der Waals surface area (Å²) >= 11 is 0. The lowest BCUT2D eigenvalue weighted by molar-refractivity contribution is -0.342. The normalized spacial score (nSPS) is 9.71. The topological polar surface area (TPSA) is 118 Å². The number of nitrogens with one attached hydrogen (secondary N) is 3. The number of nitrogens with two attached hydrogens (primary N) is 1. The number of amides is 1. The molecule has 0 radical (unpaired) electrons. The van der Waals surface area contributed by atoms with Gasteiger partial charge in [-0.15, -0.1) is 0 Å². The number of aromatic nitrogens is 1. The van der Waals surface area contributed by atoms with Crippen LogP contribution in [0.1, 0.15) is 12.5 Å². The molecule has 0 fully saturated rings. The number of hydrogen-bond acceptors (Lipinski definition) is 7. The Bertz CT molecular complexity index is 779. The van der Waals surface area contributed by atoms with Crippen LogP contribution in [-0.4, -0.2) is 34.0 Å². The van der Waals surface area contributed by atoms with E-state index < -0.39 is 6.09 Å². The molecule has 10 heteroatoms. The first-order valence-electron chi connectivity index (χ1n) is 8.30. The third-order valence-electron chi connectivity index (χ3n) is 3.76. The Morgan fingerprint density at radius 2 is 1.75 bits per heavy atom. The van der Waals surface area contributed by atoms with Gasteiger partial charge >= 0.3 is 6.09 Å². The van der Waals surface area contributed by atoms with Gasteiger partial charge < -0.3 is 42.4 Å². The Morgan fingerprint density at radius 1 is 1.11 bits per heavy atom. The maximum atomic E-state index is 11.5. The molecule has 0 unspecified atom stereocenters. The fourth-order valence-corrected chi connectivity index (χ4v) is 2.44. The molecule has 2 aromatic rings. The molecule has 1 heterocycles. The lowest BCUT2D eigenvalue weighted by atomic mass is 10.1. The van der Waals surface area contributed by atoms with Gasteiger partial charge in [-0.1, -0.05) is 0 Å². The van der Waals surface area contributed by atoms with Gasteiger partial charge in [-0.3, -0.25) is 5.32 Å². The molecular weight excluding hydrogens is 388 g/mol. The van der Waals surface area contributed by atoms with Gasteiger partial charge in [0.25, 0.3) is 0 Å². The number of nitrogen functional groups attached to an aromatic ring is 1. The molecule has 154 valence electrons. The minimum Gasteiger partial charge on any atom is -1.00 e. The molecule has 0 aliphatic heterocycles. The monoisotopic (exact) mass is 412 g/mol. The molecule has 0 atom stereocenters. The number of hydrogen-bond donors (Lipinski definition) is 3. The molecule has 1 amide bonds. The van der Waals surface area contributed by atoms with Gasteiger partial charge in [0.05, 0.1) is 40.0 Å². The van der Waals surface area contributed by atoms with Crippen LogP contribution in [-0.2, 0) is 11.3 Å². The lowest BCUT2D eigenvalue weighted by Gasteiger charge is -2.14. The fraction of sp³-hybridized carbons (Fsp3) is 0.333. The van der Waals surface area contributed by atoms with E-state index in [1.54, 1.807) is 52.5 Å². The number of benzene rings is 1. The van der Waals surface area contributed by atoms with Crippen molar-refractivity contribution in [3.63, 3.8) is 0 Å². The second-order valence-corrected chi connectivity index (χ2v) is 5.41. The van der Waals surface area contributed by atoms with Gasteiger partial charge in [0, 0.05) is 18.2 Å². The van der Waals surface area contributed by atoms with Crippen molar-refractivity contribution in [1.29, 1.82) is 0 Å². The molecule has 0 spiro atoms. The van der Waals surface area contributed by atoms with Crippen molar-refractivity contribution in [3.05, 3.63) is 29.8 Å². The zero-order chi connectivity index (χ0) is 19.8. The van der Waals surface area contributed by atoms with Gasteiger partial charge in [-0.05, 0) is 13.0 Å². The number of anilines is 3. The molecule has 0 aliphatic rings. The Hall–Kier alpha value is -3.07. The highest BCUT2D eigenvalue weighted by molar-refractivity contribution is 5.87. The van der Waals surface area contributed by atoms with Crippen LogP contribution in [0.3, 0.4) is 0 Å². The summed E-state index contributed by atoms with van der Waals surface area (Å²) < 4.78 is 20.9. The Kier molecular flexibility index (Phi) is 8.97. The molecule has 0 saturated heterocycles. The van der Waals surface area contributed by atoms with Gasteiger partial charge in [0.2, 0.25) is 11.6 Å². The summed E-state index contributed by atoms with van der Waals surface area (Å²) in [6.45, 7) is 2.42. The van der Waals surface area contributed by atoms with E-state index in [2.05, 4.69) is 15.6 Å². The van der Waals surface area contributed by atoms with E-state index in [1.165, 1.54) is 0 Å². The maximum absolute atomic E-state index is 11.5. The summed E-state index contributed by atoms with van der Waals surface area (Å²) in [6, 6.07) is 6.99. The summed E-state index contributed by atoms with van der Waals surface area (Å²) in [5.41, 5.74) is 7.20. The molecular formula is C18H25ClN4O5. The molecule has 28 heavy (non-hydrogen) atoms. The summed E-state index contributed by atoms with van der Waals surface area (Å²) in [5.74, 6) is 2.85. The van der Waals surface area contributed by atoms with E-state index in [0.29, 0.717) is 41.1 Å². The smallest absolute Gasteiger partial charge is 0.411 e. The number of pyridine rings is 1. The number of carbonyl (C=O) groups excluding carboxylic acids is 1. The summed E-state index contributed by atoms with van der Waals surface area (Å²) in [5, 5.41) is 5.78. The standard InChI is InChI=1S/C18H24N4O5.ClH/c1-5-27-18(23)21-13-6-7-16(22-17(13)19)20-10-12-14(25-3)8-11(24-2)9-15(12)26-4;/h6-9H,5,10H2,1-4H3,(H,21,23)(H3,19,20,22);1H. The number of H-pyrrole nitrogens is 1. The summed E-state index contributed by atoms with van der Waals surface area (Å²) in [6.07, 6.45) is -0.564. The predicted octanol–water partition coefficient (Wildman–Crippen LogP) is -0.707. The third kappa shape index (κ3) is 5.71. The average molecular weight is 413 g/mol. The molecule has 1 aromatic carbocycles. The predicted molar refractivity (Wildman–Crippen MR) is 101 cm³/mol. The first-order valence-corrected chi connectivity index (χ1v) is 8.30. The van der Waals surface area contributed by atoms with Crippen molar-refractivity contribution in [2.75, 3.05) is 44.3 Å². The number of aromatic amines is 1. The third-order valence-corrected chi connectivity index (χ3v) is 3.76. The number of methoxy groups -OCH3 is 3. The van der Waals surface area contributed by atoms with E-state index in [1.807, 2.05) is 0 Å². The van der Waals surface area contributed by atoms with Crippen molar-refractivity contribution >= 4 is 23.4 Å². The Balaban J connectivity index is 0.00000392. The van der Waals surface area contributed by atoms with E-state index in [0.717, 1.165) is 5.56 Å². The van der Waals surface area contributed by atoms with Crippen LogP contribution in [0.2, 0.25) is 0 Å². The van der Waals surface area contributed by atoms with Gasteiger partial charge in [0.1, 0.15) is 22.9 Å². The molecule has 1 aromatic heterocycles. The SMILES string of the molecule is CCOC(=O)Nc1ccc(NCc2c(OC)cc(OC)cc2OC)[nH+]c1N.[Cl-]. The summed E-state index contributed by atoms with van der Waals surface area (Å²) in [4.78, 5) is 14.5. The highest BCUT2D eigenvalue weighted by atomic mass is 35.5. The van der Waals surface area contributed by atoms with Crippen molar-refractivity contribution in [1.82, 2.24) is 0 Å². The molecule has 2 rings (SSSR count). The van der Waals surface area contributed by atoms with Crippen molar-refractivity contribution in [2.45, 2.75) is 13.5 Å². The van der Waals surface area contributed by atoms with Gasteiger partial charge in [-0.25, -0.2) is 9.78 Å². The van der Waals surface area contributed by atoms with Gasteiger partial charge in [0.15, 0.2) is 0 Å². The van der Waals surface area contributed by atoms with Gasteiger partial charge in [-0.2, -0.15) is 0 Å². The Morgan fingerprint density at radius 3 is 2.25 bits per heavy atom. The fourth-order valence-electron chi connectivity index (χ4n) is 2.44. The minimum absolute atomic E-state index is 0. The maximum Gasteiger partial charge on any atom is 0.411 e. The summed E-state index contributed by atoms with van der Waals surface area (Å²) in [7, 11) is 4.74. The number of rotatable bonds is 8. The highest BCUT2D eigenvalue weighted by Crippen LogP contribution is 2.34. The average Bonchev–Trinajstić information content (AvgIpc) is 2.67. The largest absolute Gasteiger partial charge is 1.00 e. The van der Waals surface area contributed by atoms with E-state index in [9.17, 15) is 4.79 Å². The first kappa shape index (κ1) is 23.0. The highest BCUT2D eigenvalue weighted by Gasteiger charge is 2.16. The van der Waals surface area contributed by atoms with Crippen LogP contribution in [0, 0.1) is 0 Å². The minimum atomic E-state index is -0.564. The molecule has 0 bridgehead atoms. The van der Waals surface area contributed by atoms with Crippen LogP contribution in [0.15, 0.2) is 24.3 Å². The van der Waals surface area contributed by atoms with E-state index in [4.69, 9.17) is 24.7 Å². The molecule has 5 N–H and O–H groups in total. The van der Waals surface area contributed by atoms with Crippen LogP contribution in [0.4, 0.5) is 22.1 Å². The van der Waals surface area contributed by atoms with E-state index in [-0.39, 0.29) is 19.0 Å². The first-order chi connectivity index (χ1) is 13.0. The molecule has 0 aliphatic carbocycles. The zero-order valence-electron chi connectivity index (χ0n) is 16.2. The number of halogens is 1. The van der Waals surface area contributed by atoms with Crippen molar-refractivity contribution in [2.24, 2.45) is 0 Å². The van der Waals surface area contributed by atoms with Crippen LogP contribution in [0.25, 0.3) is 0 Å².